The summed E-state index contributed by atoms with van der Waals surface area (Å²) in [7, 11) is 1.07. The number of hydrogen-bond donors (Lipinski definition) is 0. The number of hydrogen-bond acceptors (Lipinski definition) is 3. The van der Waals surface area contributed by atoms with Crippen molar-refractivity contribution in [2.45, 2.75) is 0 Å². The first-order valence-electron chi connectivity index (χ1n) is 5.69. The van der Waals surface area contributed by atoms with Gasteiger partial charge in [0.15, 0.2) is 0 Å². The Kier molecular flexibility index (Phi) is 3.61. The highest BCUT2D eigenvalue weighted by molar-refractivity contribution is 7.15. The summed E-state index contributed by atoms with van der Waals surface area (Å²) in [5, 5.41) is 7.99. The molecule has 0 radical (unpaired) electrons. The van der Waals surface area contributed by atoms with Gasteiger partial charge in [0, 0.05) is 30.4 Å². The fourth-order valence-electron chi connectivity index (χ4n) is 1.95. The Morgan fingerprint density at radius 2 is 1.17 bits per heavy atom. The molecule has 0 spiro atoms. The first-order valence-corrected chi connectivity index (χ1v) is 9.32. The Hall–Kier alpha value is -0.943. The van der Waals surface area contributed by atoms with E-state index in [0.717, 1.165) is 10.2 Å². The van der Waals surface area contributed by atoms with Crippen molar-refractivity contribution in [1.82, 2.24) is 0 Å². The SMILES string of the molecule is [SiH3]C(=C(c1cccs1)c1cccs1)c1cccs1. The quantitative estimate of drug-likeness (QED) is 0.638. The van der Waals surface area contributed by atoms with Crippen LogP contribution in [0.15, 0.2) is 52.5 Å². The van der Waals surface area contributed by atoms with Gasteiger partial charge in [-0.3, -0.25) is 0 Å². The maximum absolute atomic E-state index is 2.23. The Morgan fingerprint density at radius 1 is 0.722 bits per heavy atom. The van der Waals surface area contributed by atoms with E-state index in [2.05, 4.69) is 52.5 Å². The fourth-order valence-corrected chi connectivity index (χ4v) is 5.86. The molecule has 0 N–H and O–H groups in total. The lowest BCUT2D eigenvalue weighted by molar-refractivity contribution is 1.79. The fraction of sp³-hybridized carbons (Fsp3) is 0. The van der Waals surface area contributed by atoms with Crippen molar-refractivity contribution >= 4 is 55.0 Å². The van der Waals surface area contributed by atoms with E-state index in [0.29, 0.717) is 0 Å². The molecule has 0 fully saturated rings. The zero-order valence-corrected chi connectivity index (χ0v) is 14.4. The maximum atomic E-state index is 2.23. The molecular formula is C14H12S3Si. The van der Waals surface area contributed by atoms with E-state index in [1.54, 1.807) is 0 Å². The highest BCUT2D eigenvalue weighted by Crippen LogP contribution is 2.36. The van der Waals surface area contributed by atoms with Crippen molar-refractivity contribution < 1.29 is 0 Å². The molecule has 0 bridgehead atoms. The summed E-state index contributed by atoms with van der Waals surface area (Å²) in [6, 6.07) is 13.1. The molecule has 0 saturated carbocycles. The van der Waals surface area contributed by atoms with Crippen LogP contribution >= 0.6 is 34.0 Å². The second kappa shape index (κ2) is 5.36. The molecule has 3 aromatic rings. The van der Waals surface area contributed by atoms with Gasteiger partial charge in [-0.05, 0) is 39.5 Å². The molecule has 0 aromatic carbocycles. The molecule has 0 aliphatic carbocycles. The third kappa shape index (κ3) is 2.29. The van der Waals surface area contributed by atoms with Crippen LogP contribution in [0, 0.1) is 0 Å². The molecule has 3 heterocycles. The summed E-state index contributed by atoms with van der Waals surface area (Å²) >= 11 is 5.50. The van der Waals surface area contributed by atoms with Gasteiger partial charge < -0.3 is 0 Å². The Morgan fingerprint density at radius 3 is 1.56 bits per heavy atom. The maximum Gasteiger partial charge on any atom is 0.0412 e. The van der Waals surface area contributed by atoms with Crippen LogP contribution in [-0.4, -0.2) is 10.2 Å². The van der Waals surface area contributed by atoms with Gasteiger partial charge in [-0.2, -0.15) is 0 Å². The summed E-state index contributed by atoms with van der Waals surface area (Å²) in [6.45, 7) is 0. The van der Waals surface area contributed by atoms with E-state index in [9.17, 15) is 0 Å². The molecule has 18 heavy (non-hydrogen) atoms. The lowest BCUT2D eigenvalue weighted by atomic mass is 10.1. The third-order valence-corrected chi connectivity index (χ3v) is 6.97. The molecule has 0 nitrogen and oxygen atoms in total. The van der Waals surface area contributed by atoms with Gasteiger partial charge in [0.05, 0.1) is 0 Å². The minimum Gasteiger partial charge on any atom is -0.145 e. The molecular weight excluding hydrogens is 292 g/mol. The van der Waals surface area contributed by atoms with Gasteiger partial charge >= 0.3 is 0 Å². The lowest BCUT2D eigenvalue weighted by Gasteiger charge is -2.08. The van der Waals surface area contributed by atoms with Crippen molar-refractivity contribution in [2.75, 3.05) is 0 Å². The van der Waals surface area contributed by atoms with Gasteiger partial charge in [-0.1, -0.05) is 18.2 Å². The average molecular weight is 305 g/mol. The topological polar surface area (TPSA) is 0 Å². The second-order valence-corrected chi connectivity index (χ2v) is 7.77. The van der Waals surface area contributed by atoms with Crippen LogP contribution in [0.4, 0.5) is 0 Å². The number of rotatable bonds is 3. The van der Waals surface area contributed by atoms with Crippen LogP contribution in [0.25, 0.3) is 10.8 Å². The average Bonchev–Trinajstić information content (AvgIpc) is 3.14. The monoisotopic (exact) mass is 304 g/mol. The summed E-state index contributed by atoms with van der Waals surface area (Å²) in [4.78, 5) is 4.19. The summed E-state index contributed by atoms with van der Waals surface area (Å²) in [5.41, 5.74) is 1.44. The van der Waals surface area contributed by atoms with Crippen molar-refractivity contribution in [3.8, 4) is 0 Å². The van der Waals surface area contributed by atoms with Crippen molar-refractivity contribution in [3.63, 3.8) is 0 Å². The summed E-state index contributed by atoms with van der Waals surface area (Å²) in [6.07, 6.45) is 0. The van der Waals surface area contributed by atoms with Gasteiger partial charge in [0.2, 0.25) is 0 Å². The van der Waals surface area contributed by atoms with Crippen LogP contribution in [0.5, 0.6) is 0 Å². The molecule has 3 rings (SSSR count). The molecule has 0 atom stereocenters. The van der Waals surface area contributed by atoms with E-state index in [4.69, 9.17) is 0 Å². The van der Waals surface area contributed by atoms with Crippen molar-refractivity contribution in [3.05, 3.63) is 67.2 Å². The Bertz CT molecular complexity index is 595. The molecule has 4 heteroatoms. The van der Waals surface area contributed by atoms with Crippen LogP contribution in [0.2, 0.25) is 0 Å². The molecule has 90 valence electrons. The Labute approximate surface area is 122 Å². The first kappa shape index (κ1) is 12.1. The molecule has 0 aliphatic rings. The molecule has 0 unspecified atom stereocenters. The standard InChI is InChI=1S/C14H12S3Si/c18-14(12-6-3-9-17-12)13(10-4-1-7-15-10)11-5-2-8-16-11/h1-9H,18H3. The third-order valence-electron chi connectivity index (χ3n) is 2.80. The van der Waals surface area contributed by atoms with Crippen molar-refractivity contribution in [1.29, 1.82) is 0 Å². The minimum atomic E-state index is 1.07. The molecule has 0 saturated heterocycles. The van der Waals surface area contributed by atoms with Crippen molar-refractivity contribution in [2.24, 2.45) is 0 Å². The lowest BCUT2D eigenvalue weighted by Crippen LogP contribution is -1.88. The zero-order valence-electron chi connectivity index (χ0n) is 9.92. The predicted octanol–water partition coefficient (Wildman–Crippen LogP) is 4.15. The molecule has 0 aliphatic heterocycles. The first-order chi connectivity index (χ1) is 8.86. The van der Waals surface area contributed by atoms with Gasteiger partial charge in [0.25, 0.3) is 0 Å². The van der Waals surface area contributed by atoms with Crippen LogP contribution in [0.3, 0.4) is 0 Å². The minimum absolute atomic E-state index is 1.07. The molecule has 0 amide bonds. The highest BCUT2D eigenvalue weighted by atomic mass is 32.1. The van der Waals surface area contributed by atoms with E-state index in [-0.39, 0.29) is 0 Å². The zero-order chi connectivity index (χ0) is 12.4. The Balaban J connectivity index is 2.20. The predicted molar refractivity (Wildman–Crippen MR) is 88.8 cm³/mol. The second-order valence-electron chi connectivity index (χ2n) is 3.93. The summed E-state index contributed by atoms with van der Waals surface area (Å²) in [5.74, 6) is 0. The van der Waals surface area contributed by atoms with E-state index in [1.165, 1.54) is 25.4 Å². The normalized spacial score (nSPS) is 10.7. The van der Waals surface area contributed by atoms with Gasteiger partial charge in [-0.15, -0.1) is 34.0 Å². The highest BCUT2D eigenvalue weighted by Gasteiger charge is 2.12. The number of thiophene rings is 3. The van der Waals surface area contributed by atoms with Gasteiger partial charge in [0.1, 0.15) is 0 Å². The van der Waals surface area contributed by atoms with E-state index < -0.39 is 0 Å². The smallest absolute Gasteiger partial charge is 0.0412 e. The molecule has 3 aromatic heterocycles. The largest absolute Gasteiger partial charge is 0.145 e. The van der Waals surface area contributed by atoms with Crippen LogP contribution in [0.1, 0.15) is 14.6 Å². The van der Waals surface area contributed by atoms with Crippen LogP contribution in [-0.2, 0) is 0 Å². The van der Waals surface area contributed by atoms with E-state index >= 15 is 0 Å². The van der Waals surface area contributed by atoms with E-state index in [1.807, 2.05) is 34.0 Å². The van der Waals surface area contributed by atoms with Gasteiger partial charge in [-0.25, -0.2) is 0 Å². The van der Waals surface area contributed by atoms with Crippen LogP contribution < -0.4 is 0 Å². The summed E-state index contributed by atoms with van der Waals surface area (Å²) < 4.78 is 0.